The number of carboxylic acid groups (broad SMARTS) is 1. The fourth-order valence-corrected chi connectivity index (χ4v) is 1.52. The number of carbonyl (C=O) groups is 1. The molecule has 0 saturated heterocycles. The molecule has 4 heteroatoms. The number of aryl methyl sites for hydroxylation is 1. The molecule has 0 unspecified atom stereocenters. The predicted molar refractivity (Wildman–Crippen MR) is 47.6 cm³/mol. The van der Waals surface area contributed by atoms with Gasteiger partial charge in [-0.3, -0.25) is 0 Å². The molecule has 0 fully saturated rings. The van der Waals surface area contributed by atoms with Gasteiger partial charge in [0.15, 0.2) is 0 Å². The van der Waals surface area contributed by atoms with E-state index in [1.165, 1.54) is 0 Å². The van der Waals surface area contributed by atoms with Gasteiger partial charge in [0.25, 0.3) is 0 Å². The summed E-state index contributed by atoms with van der Waals surface area (Å²) in [6.07, 6.45) is 1.97. The first-order valence-electron chi connectivity index (χ1n) is 3.46. The Kier molecular flexibility index (Phi) is 2.81. The maximum absolute atomic E-state index is 10.5. The Morgan fingerprint density at radius 1 is 1.75 bits per heavy atom. The fourth-order valence-electron chi connectivity index (χ4n) is 0.924. The molecular formula is C8H10O3S. The molecule has 0 radical (unpaired) electrons. The molecular weight excluding hydrogens is 176 g/mol. The van der Waals surface area contributed by atoms with Gasteiger partial charge in [-0.2, -0.15) is 11.8 Å². The van der Waals surface area contributed by atoms with Crippen molar-refractivity contribution < 1.29 is 14.3 Å². The van der Waals surface area contributed by atoms with E-state index < -0.39 is 5.97 Å². The molecule has 0 aromatic carbocycles. The second-order valence-electron chi connectivity index (χ2n) is 2.43. The Morgan fingerprint density at radius 2 is 2.42 bits per heavy atom. The third-order valence-electron chi connectivity index (χ3n) is 1.53. The second-order valence-corrected chi connectivity index (χ2v) is 3.30. The van der Waals surface area contributed by atoms with E-state index in [0.29, 0.717) is 5.76 Å². The van der Waals surface area contributed by atoms with Gasteiger partial charge in [-0.15, -0.1) is 0 Å². The van der Waals surface area contributed by atoms with Gasteiger partial charge in [0.2, 0.25) is 5.76 Å². The molecule has 0 aliphatic rings. The summed E-state index contributed by atoms with van der Waals surface area (Å²) in [5.41, 5.74) is 0.958. The number of rotatable bonds is 3. The Morgan fingerprint density at radius 3 is 2.83 bits per heavy atom. The number of hydrogen-bond acceptors (Lipinski definition) is 3. The van der Waals surface area contributed by atoms with Crippen LogP contribution < -0.4 is 0 Å². The van der Waals surface area contributed by atoms with Crippen molar-refractivity contribution in [3.05, 3.63) is 23.2 Å². The van der Waals surface area contributed by atoms with E-state index in [9.17, 15) is 4.79 Å². The largest absolute Gasteiger partial charge is 0.475 e. The fraction of sp³-hybridized carbons (Fsp3) is 0.375. The molecule has 1 aromatic heterocycles. The Hall–Kier alpha value is -0.900. The number of hydrogen-bond donors (Lipinski definition) is 1. The van der Waals surface area contributed by atoms with Crippen molar-refractivity contribution in [3.63, 3.8) is 0 Å². The summed E-state index contributed by atoms with van der Waals surface area (Å²) in [4.78, 5) is 10.5. The Bertz CT molecular complexity index is 290. The summed E-state index contributed by atoms with van der Waals surface area (Å²) < 4.78 is 5.02. The summed E-state index contributed by atoms with van der Waals surface area (Å²) in [6, 6.07) is 1.58. The van der Waals surface area contributed by atoms with Gasteiger partial charge in [-0.1, -0.05) is 0 Å². The minimum absolute atomic E-state index is 0.0246. The number of aromatic carboxylic acids is 1. The van der Waals surface area contributed by atoms with Crippen molar-refractivity contribution >= 4 is 17.7 Å². The van der Waals surface area contributed by atoms with Crippen LogP contribution in [-0.4, -0.2) is 17.3 Å². The SMILES string of the molecule is CSCc1cc(C(=O)O)oc1C. The van der Waals surface area contributed by atoms with E-state index in [0.717, 1.165) is 11.3 Å². The van der Waals surface area contributed by atoms with Crippen molar-refractivity contribution in [1.29, 1.82) is 0 Å². The maximum atomic E-state index is 10.5. The second kappa shape index (κ2) is 3.67. The van der Waals surface area contributed by atoms with Gasteiger partial charge in [0.1, 0.15) is 5.76 Å². The zero-order valence-corrected chi connectivity index (χ0v) is 7.77. The summed E-state index contributed by atoms with van der Waals surface area (Å²) >= 11 is 1.64. The maximum Gasteiger partial charge on any atom is 0.371 e. The minimum atomic E-state index is -1.01. The molecule has 1 heterocycles. The summed E-state index contributed by atoms with van der Waals surface area (Å²) in [5, 5.41) is 8.59. The van der Waals surface area contributed by atoms with Crippen molar-refractivity contribution in [2.45, 2.75) is 12.7 Å². The van der Waals surface area contributed by atoms with E-state index in [4.69, 9.17) is 9.52 Å². The predicted octanol–water partition coefficient (Wildman–Crippen LogP) is 2.15. The van der Waals surface area contributed by atoms with Gasteiger partial charge in [-0.25, -0.2) is 4.79 Å². The first-order chi connectivity index (χ1) is 5.65. The lowest BCUT2D eigenvalue weighted by Crippen LogP contribution is -1.91. The smallest absolute Gasteiger partial charge is 0.371 e. The van der Waals surface area contributed by atoms with Crippen LogP contribution >= 0.6 is 11.8 Å². The van der Waals surface area contributed by atoms with Crippen molar-refractivity contribution in [3.8, 4) is 0 Å². The van der Waals surface area contributed by atoms with Gasteiger partial charge < -0.3 is 9.52 Å². The lowest BCUT2D eigenvalue weighted by Gasteiger charge is -1.90. The van der Waals surface area contributed by atoms with Crippen molar-refractivity contribution in [1.82, 2.24) is 0 Å². The highest BCUT2D eigenvalue weighted by molar-refractivity contribution is 7.97. The number of furan rings is 1. The molecule has 1 N–H and O–H groups in total. The average molecular weight is 186 g/mol. The van der Waals surface area contributed by atoms with Crippen LogP contribution in [0.3, 0.4) is 0 Å². The zero-order valence-electron chi connectivity index (χ0n) is 6.96. The van der Waals surface area contributed by atoms with Crippen LogP contribution in [0.2, 0.25) is 0 Å². The van der Waals surface area contributed by atoms with Gasteiger partial charge in [0, 0.05) is 11.3 Å². The molecule has 1 aromatic rings. The zero-order chi connectivity index (χ0) is 9.14. The molecule has 12 heavy (non-hydrogen) atoms. The third kappa shape index (κ3) is 1.82. The molecule has 0 saturated carbocycles. The monoisotopic (exact) mass is 186 g/mol. The van der Waals surface area contributed by atoms with Crippen molar-refractivity contribution in [2.24, 2.45) is 0 Å². The van der Waals surface area contributed by atoms with Crippen LogP contribution in [0.5, 0.6) is 0 Å². The third-order valence-corrected chi connectivity index (χ3v) is 2.13. The van der Waals surface area contributed by atoms with E-state index in [2.05, 4.69) is 0 Å². The van der Waals surface area contributed by atoms with Crippen LogP contribution in [-0.2, 0) is 5.75 Å². The lowest BCUT2D eigenvalue weighted by atomic mass is 10.3. The van der Waals surface area contributed by atoms with Crippen LogP contribution in [0.1, 0.15) is 21.9 Å². The molecule has 66 valence electrons. The normalized spacial score (nSPS) is 10.2. The summed E-state index contributed by atoms with van der Waals surface area (Å²) in [7, 11) is 0. The van der Waals surface area contributed by atoms with Crippen LogP contribution in [0.25, 0.3) is 0 Å². The average Bonchev–Trinajstić information content (AvgIpc) is 2.34. The Balaban J connectivity index is 2.92. The molecule has 0 aliphatic heterocycles. The summed E-state index contributed by atoms with van der Waals surface area (Å²) in [6.45, 7) is 1.78. The highest BCUT2D eigenvalue weighted by atomic mass is 32.2. The van der Waals surface area contributed by atoms with Gasteiger partial charge in [-0.05, 0) is 19.2 Å². The first-order valence-corrected chi connectivity index (χ1v) is 4.86. The van der Waals surface area contributed by atoms with E-state index in [1.807, 2.05) is 6.26 Å². The quantitative estimate of drug-likeness (QED) is 0.785. The topological polar surface area (TPSA) is 50.4 Å². The van der Waals surface area contributed by atoms with E-state index in [1.54, 1.807) is 24.8 Å². The van der Waals surface area contributed by atoms with E-state index >= 15 is 0 Å². The molecule has 0 spiro atoms. The molecule has 0 bridgehead atoms. The summed E-state index contributed by atoms with van der Waals surface area (Å²) in [5.74, 6) is 0.506. The first kappa shape index (κ1) is 9.19. The van der Waals surface area contributed by atoms with Gasteiger partial charge in [0.05, 0.1) is 0 Å². The highest BCUT2D eigenvalue weighted by Crippen LogP contribution is 2.18. The van der Waals surface area contributed by atoms with Gasteiger partial charge >= 0.3 is 5.97 Å². The van der Waals surface area contributed by atoms with Crippen LogP contribution in [0, 0.1) is 6.92 Å². The highest BCUT2D eigenvalue weighted by Gasteiger charge is 2.11. The molecule has 0 aliphatic carbocycles. The number of carboxylic acids is 1. The van der Waals surface area contributed by atoms with E-state index in [-0.39, 0.29) is 5.76 Å². The van der Waals surface area contributed by atoms with Crippen LogP contribution in [0.4, 0.5) is 0 Å². The molecule has 0 atom stereocenters. The minimum Gasteiger partial charge on any atom is -0.475 e. The standard InChI is InChI=1S/C8H10O3S/c1-5-6(4-12-2)3-7(11-5)8(9)10/h3H,4H2,1-2H3,(H,9,10). The molecule has 3 nitrogen and oxygen atoms in total. The molecule has 0 amide bonds. The number of thioether (sulfide) groups is 1. The van der Waals surface area contributed by atoms with Crippen molar-refractivity contribution in [2.75, 3.05) is 6.26 Å². The Labute approximate surface area is 74.8 Å². The molecule has 1 rings (SSSR count). The lowest BCUT2D eigenvalue weighted by molar-refractivity contribution is 0.0661. The van der Waals surface area contributed by atoms with Crippen LogP contribution in [0.15, 0.2) is 10.5 Å².